The molecule has 3 rings (SSSR count). The van der Waals surface area contributed by atoms with Gasteiger partial charge in [0.2, 0.25) is 0 Å². The summed E-state index contributed by atoms with van der Waals surface area (Å²) in [6.45, 7) is 2.17. The Hall–Kier alpha value is -2.30. The van der Waals surface area contributed by atoms with Crippen molar-refractivity contribution in [2.24, 2.45) is 0 Å². The fourth-order valence-corrected chi connectivity index (χ4v) is 2.47. The Morgan fingerprint density at radius 3 is 1.89 bits per heavy atom. The highest BCUT2D eigenvalue weighted by Crippen LogP contribution is 2.01. The summed E-state index contributed by atoms with van der Waals surface area (Å²) in [5.41, 5.74) is 3.09. The van der Waals surface area contributed by atoms with Crippen LogP contribution in [0.3, 0.4) is 0 Å². The van der Waals surface area contributed by atoms with Gasteiger partial charge in [0, 0.05) is 24.8 Å². The normalized spacial score (nSPS) is 11.6. The van der Waals surface area contributed by atoms with Gasteiger partial charge >= 0.3 is 0 Å². The molecule has 1 aromatic carbocycles. The smallest absolute Gasteiger partial charge is 0.158 e. The van der Waals surface area contributed by atoms with Crippen molar-refractivity contribution in [3.63, 3.8) is 0 Å². The Morgan fingerprint density at radius 2 is 1.44 bits per heavy atom. The van der Waals surface area contributed by atoms with E-state index in [-0.39, 0.29) is 0 Å². The van der Waals surface area contributed by atoms with E-state index in [1.807, 2.05) is 30.6 Å². The molecule has 2 N–H and O–H groups in total. The van der Waals surface area contributed by atoms with Gasteiger partial charge in [-0.2, -0.15) is 12.3 Å². The number of aromatic amines is 2. The van der Waals surface area contributed by atoms with E-state index < -0.39 is 6.15 Å². The Bertz CT molecular complexity index is 568. The molecule has 0 saturated heterocycles. The fourth-order valence-electron chi connectivity index (χ4n) is 2.47. The van der Waals surface area contributed by atoms with Gasteiger partial charge in [-0.3, -0.25) is 9.97 Å². The molecule has 0 fully saturated rings. The number of hydrogen-bond donors (Lipinski definition) is 2. The van der Waals surface area contributed by atoms with Crippen molar-refractivity contribution in [2.75, 3.05) is 0 Å². The first-order chi connectivity index (χ1) is 8.82. The highest BCUT2D eigenvalue weighted by atomic mass is 14.9. The Kier molecular flexibility index (Phi) is 2.52. The van der Waals surface area contributed by atoms with Crippen molar-refractivity contribution in [2.45, 2.75) is 6.82 Å². The number of hydrogen-bond acceptors (Lipinski definition) is 2. The zero-order valence-corrected chi connectivity index (χ0v) is 10.2. The lowest BCUT2D eigenvalue weighted by molar-refractivity contribution is 1.33. The average molecular weight is 237 g/mol. The van der Waals surface area contributed by atoms with Gasteiger partial charge in [-0.05, 0) is 0 Å². The highest BCUT2D eigenvalue weighted by Gasteiger charge is 2.29. The molecule has 0 spiro atoms. The largest absolute Gasteiger partial charge is 0.384 e. The Balaban J connectivity index is 2.22. The summed E-state index contributed by atoms with van der Waals surface area (Å²) < 4.78 is 0. The third-order valence-electron chi connectivity index (χ3n) is 3.60. The molecule has 2 aromatic heterocycles. The molecular weight excluding hydrogens is 223 g/mol. The SMILES string of the molecule is C[B-](c1ccccc1)(c1ncc[nH]1)c1ncc[nH]1. The minimum absolute atomic E-state index is 0.941. The van der Waals surface area contributed by atoms with Crippen molar-refractivity contribution < 1.29 is 0 Å². The number of rotatable bonds is 3. The molecule has 4 nitrogen and oxygen atoms in total. The number of imidazole rings is 2. The van der Waals surface area contributed by atoms with Crippen molar-refractivity contribution in [1.82, 2.24) is 19.9 Å². The first kappa shape index (κ1) is 10.8. The van der Waals surface area contributed by atoms with Crippen LogP contribution >= 0.6 is 0 Å². The number of nitrogens with one attached hydrogen (secondary N) is 2. The predicted octanol–water partition coefficient (Wildman–Crippen LogP) is 0.233. The van der Waals surface area contributed by atoms with Crippen molar-refractivity contribution in [3.8, 4) is 0 Å². The molecule has 0 aliphatic carbocycles. The molecule has 0 aliphatic heterocycles. The van der Waals surface area contributed by atoms with Gasteiger partial charge < -0.3 is 9.97 Å². The summed E-state index contributed by atoms with van der Waals surface area (Å²) in [5.74, 6) is 0. The number of H-pyrrole nitrogens is 2. The molecule has 0 amide bonds. The van der Waals surface area contributed by atoms with E-state index >= 15 is 0 Å². The van der Waals surface area contributed by atoms with E-state index in [1.54, 1.807) is 12.4 Å². The summed E-state index contributed by atoms with van der Waals surface area (Å²) >= 11 is 0. The number of benzene rings is 1. The van der Waals surface area contributed by atoms with Crippen molar-refractivity contribution in [3.05, 3.63) is 55.1 Å². The summed E-state index contributed by atoms with van der Waals surface area (Å²) in [4.78, 5) is 15.3. The second kappa shape index (κ2) is 4.18. The van der Waals surface area contributed by atoms with Crippen molar-refractivity contribution >= 4 is 23.1 Å². The molecule has 0 unspecified atom stereocenters. The molecule has 0 bridgehead atoms. The molecule has 18 heavy (non-hydrogen) atoms. The maximum absolute atomic E-state index is 4.43. The standard InChI is InChI=1S/C13H14BN4/c1-14(12-15-7-8-16-12,13-17-9-10-18-13)11-5-3-2-4-6-11/h2-10H,1H3,(H,15,16)(H,17,18)/q-1. The van der Waals surface area contributed by atoms with Crippen LogP contribution in [-0.4, -0.2) is 26.1 Å². The monoisotopic (exact) mass is 237 g/mol. The van der Waals surface area contributed by atoms with Crippen LogP contribution in [-0.2, 0) is 0 Å². The van der Waals surface area contributed by atoms with Crippen LogP contribution in [0.1, 0.15) is 0 Å². The van der Waals surface area contributed by atoms with Crippen LogP contribution in [0.15, 0.2) is 55.1 Å². The molecule has 5 heteroatoms. The van der Waals surface area contributed by atoms with Crippen LogP contribution in [0.2, 0.25) is 6.82 Å². The minimum Gasteiger partial charge on any atom is -0.384 e. The molecule has 3 aromatic rings. The average Bonchev–Trinajstić information content (AvgIpc) is 3.12. The van der Waals surface area contributed by atoms with Gasteiger partial charge in [-0.25, -0.2) is 0 Å². The Morgan fingerprint density at radius 1 is 0.889 bits per heavy atom. The van der Waals surface area contributed by atoms with Gasteiger partial charge in [0.15, 0.2) is 6.15 Å². The summed E-state index contributed by atoms with van der Waals surface area (Å²) in [7, 11) is 0. The maximum Gasteiger partial charge on any atom is 0.158 e. The van der Waals surface area contributed by atoms with Gasteiger partial charge in [-0.15, -0.1) is 0 Å². The van der Waals surface area contributed by atoms with Crippen LogP contribution in [0.5, 0.6) is 0 Å². The summed E-state index contributed by atoms with van der Waals surface area (Å²) in [5, 5.41) is 0. The van der Waals surface area contributed by atoms with Crippen LogP contribution in [0, 0.1) is 0 Å². The second-order valence-electron chi connectivity index (χ2n) is 4.66. The fraction of sp³-hybridized carbons (Fsp3) is 0.0769. The first-order valence-corrected chi connectivity index (χ1v) is 6.06. The molecule has 90 valence electrons. The lowest BCUT2D eigenvalue weighted by Crippen LogP contribution is -2.67. The van der Waals surface area contributed by atoms with Crippen LogP contribution in [0.25, 0.3) is 0 Å². The number of aromatic nitrogens is 4. The van der Waals surface area contributed by atoms with E-state index in [9.17, 15) is 0 Å². The maximum atomic E-state index is 4.43. The van der Waals surface area contributed by atoms with E-state index in [1.165, 1.54) is 5.46 Å². The van der Waals surface area contributed by atoms with E-state index in [0.717, 1.165) is 11.4 Å². The third-order valence-corrected chi connectivity index (χ3v) is 3.60. The lowest BCUT2D eigenvalue weighted by atomic mass is 9.22. The highest BCUT2D eigenvalue weighted by molar-refractivity contribution is 7.09. The van der Waals surface area contributed by atoms with Crippen molar-refractivity contribution in [1.29, 1.82) is 0 Å². The van der Waals surface area contributed by atoms with Gasteiger partial charge in [0.25, 0.3) is 0 Å². The van der Waals surface area contributed by atoms with Gasteiger partial charge in [0.05, 0.1) is 0 Å². The first-order valence-electron chi connectivity index (χ1n) is 6.06. The molecular formula is C13H14BN4-. The predicted molar refractivity (Wildman–Crippen MR) is 74.1 cm³/mol. The minimum atomic E-state index is -1.16. The number of nitrogens with zero attached hydrogens (tertiary/aromatic N) is 2. The molecule has 0 saturated carbocycles. The van der Waals surface area contributed by atoms with Gasteiger partial charge in [0.1, 0.15) is 0 Å². The molecule has 0 radical (unpaired) electrons. The molecule has 0 aliphatic rings. The summed E-state index contributed by atoms with van der Waals surface area (Å²) in [6, 6.07) is 10.3. The van der Waals surface area contributed by atoms with Gasteiger partial charge in [-0.1, -0.05) is 41.8 Å². The lowest BCUT2D eigenvalue weighted by Gasteiger charge is -2.33. The molecule has 0 atom stereocenters. The Labute approximate surface area is 105 Å². The third kappa shape index (κ3) is 1.56. The second-order valence-corrected chi connectivity index (χ2v) is 4.66. The van der Waals surface area contributed by atoms with E-state index in [4.69, 9.17) is 0 Å². The quantitative estimate of drug-likeness (QED) is 0.641. The van der Waals surface area contributed by atoms with Crippen LogP contribution < -0.4 is 16.9 Å². The van der Waals surface area contributed by atoms with E-state index in [0.29, 0.717) is 0 Å². The zero-order valence-electron chi connectivity index (χ0n) is 10.2. The summed E-state index contributed by atoms with van der Waals surface area (Å²) in [6.07, 6.45) is 6.09. The zero-order chi connectivity index (χ0) is 12.4. The van der Waals surface area contributed by atoms with Crippen LogP contribution in [0.4, 0.5) is 0 Å². The van der Waals surface area contributed by atoms with E-state index in [2.05, 4.69) is 38.9 Å². The molecule has 2 heterocycles. The topological polar surface area (TPSA) is 57.4 Å².